The number of hydrogen-bond acceptors (Lipinski definition) is 2. The van der Waals surface area contributed by atoms with Crippen molar-refractivity contribution < 1.29 is 4.79 Å². The Morgan fingerprint density at radius 3 is 2.71 bits per heavy atom. The summed E-state index contributed by atoms with van der Waals surface area (Å²) >= 11 is 0. The van der Waals surface area contributed by atoms with Crippen LogP contribution in [0.5, 0.6) is 0 Å². The summed E-state index contributed by atoms with van der Waals surface area (Å²) in [5.74, 6) is 1.83. The van der Waals surface area contributed by atoms with Crippen LogP contribution in [-0.4, -0.2) is 36.5 Å². The van der Waals surface area contributed by atoms with Crippen molar-refractivity contribution in [2.45, 2.75) is 45.6 Å². The number of hydrogen-bond donors (Lipinski definition) is 1. The Morgan fingerprint density at radius 2 is 2.12 bits per heavy atom. The summed E-state index contributed by atoms with van der Waals surface area (Å²) < 4.78 is 0. The van der Waals surface area contributed by atoms with Gasteiger partial charge in [-0.15, -0.1) is 12.4 Å². The van der Waals surface area contributed by atoms with Crippen molar-refractivity contribution in [3.63, 3.8) is 0 Å². The third-order valence-corrected chi connectivity index (χ3v) is 3.82. The molecule has 0 bridgehead atoms. The van der Waals surface area contributed by atoms with Crippen LogP contribution in [0.2, 0.25) is 0 Å². The Kier molecular flexibility index (Phi) is 5.74. The minimum absolute atomic E-state index is 0. The minimum atomic E-state index is 0. The van der Waals surface area contributed by atoms with Crippen LogP contribution < -0.4 is 5.32 Å². The lowest BCUT2D eigenvalue weighted by Crippen LogP contribution is -2.41. The number of likely N-dealkylation sites (tertiary alicyclic amines) is 1. The van der Waals surface area contributed by atoms with E-state index in [-0.39, 0.29) is 12.4 Å². The highest BCUT2D eigenvalue weighted by molar-refractivity contribution is 5.85. The van der Waals surface area contributed by atoms with Gasteiger partial charge >= 0.3 is 0 Å². The molecule has 1 heterocycles. The molecule has 2 unspecified atom stereocenters. The number of carbonyl (C=O) groups excluding carboxylic acids is 1. The van der Waals surface area contributed by atoms with E-state index in [1.807, 2.05) is 0 Å². The van der Waals surface area contributed by atoms with E-state index in [1.54, 1.807) is 0 Å². The molecule has 0 aromatic carbocycles. The fraction of sp³-hybridized carbons (Fsp3) is 0.923. The summed E-state index contributed by atoms with van der Waals surface area (Å²) in [4.78, 5) is 14.1. The molecule has 1 saturated carbocycles. The molecule has 1 aliphatic heterocycles. The van der Waals surface area contributed by atoms with Gasteiger partial charge in [0.25, 0.3) is 0 Å². The second-order valence-electron chi connectivity index (χ2n) is 5.52. The molecule has 0 aromatic heterocycles. The summed E-state index contributed by atoms with van der Waals surface area (Å²) in [7, 11) is 0. The average Bonchev–Trinajstić information content (AvgIpc) is 3.00. The van der Waals surface area contributed by atoms with Crippen molar-refractivity contribution in [3.8, 4) is 0 Å². The van der Waals surface area contributed by atoms with Crippen LogP contribution in [0.3, 0.4) is 0 Å². The number of amides is 1. The standard InChI is InChI=1S/C13H24N2O.ClH/c1-3-12-6-10(2)9-15(12)13(16)8-14-7-11-4-5-11;/h10-12,14H,3-9H2,1-2H3;1H. The monoisotopic (exact) mass is 260 g/mol. The third kappa shape index (κ3) is 4.14. The van der Waals surface area contributed by atoms with Gasteiger partial charge in [-0.3, -0.25) is 4.79 Å². The van der Waals surface area contributed by atoms with Crippen LogP contribution in [0.1, 0.15) is 39.5 Å². The smallest absolute Gasteiger partial charge is 0.236 e. The Bertz CT molecular complexity index is 256. The first-order valence-corrected chi connectivity index (χ1v) is 6.71. The molecule has 0 spiro atoms. The summed E-state index contributed by atoms with van der Waals surface area (Å²) in [6.07, 6.45) is 4.97. The summed E-state index contributed by atoms with van der Waals surface area (Å²) in [6, 6.07) is 0.491. The van der Waals surface area contributed by atoms with E-state index in [4.69, 9.17) is 0 Å². The summed E-state index contributed by atoms with van der Waals surface area (Å²) in [5, 5.41) is 3.29. The highest BCUT2D eigenvalue weighted by Crippen LogP contribution is 2.27. The van der Waals surface area contributed by atoms with E-state index < -0.39 is 0 Å². The maximum absolute atomic E-state index is 12.0. The van der Waals surface area contributed by atoms with E-state index in [0.717, 1.165) is 25.4 Å². The normalized spacial score (nSPS) is 28.0. The quantitative estimate of drug-likeness (QED) is 0.821. The molecule has 17 heavy (non-hydrogen) atoms. The van der Waals surface area contributed by atoms with Crippen molar-refractivity contribution in [1.29, 1.82) is 0 Å². The van der Waals surface area contributed by atoms with Gasteiger partial charge in [-0.1, -0.05) is 13.8 Å². The van der Waals surface area contributed by atoms with Crippen molar-refractivity contribution in [2.75, 3.05) is 19.6 Å². The minimum Gasteiger partial charge on any atom is -0.338 e. The maximum Gasteiger partial charge on any atom is 0.236 e. The molecule has 2 aliphatic rings. The molecule has 2 fully saturated rings. The molecule has 2 rings (SSSR count). The molecule has 1 aliphatic carbocycles. The van der Waals surface area contributed by atoms with Gasteiger partial charge < -0.3 is 10.2 Å². The van der Waals surface area contributed by atoms with Gasteiger partial charge in [-0.2, -0.15) is 0 Å². The first-order valence-electron chi connectivity index (χ1n) is 6.71. The topological polar surface area (TPSA) is 32.3 Å². The largest absolute Gasteiger partial charge is 0.338 e. The molecule has 4 heteroatoms. The first-order chi connectivity index (χ1) is 7.70. The Morgan fingerprint density at radius 1 is 1.41 bits per heavy atom. The second kappa shape index (κ2) is 6.60. The van der Waals surface area contributed by atoms with Crippen molar-refractivity contribution >= 4 is 18.3 Å². The highest BCUT2D eigenvalue weighted by Gasteiger charge is 2.31. The number of halogens is 1. The number of nitrogens with one attached hydrogen (secondary N) is 1. The number of carbonyl (C=O) groups is 1. The van der Waals surface area contributed by atoms with E-state index in [2.05, 4.69) is 24.1 Å². The maximum atomic E-state index is 12.0. The Balaban J connectivity index is 0.00000144. The molecule has 2 atom stereocenters. The number of rotatable bonds is 5. The van der Waals surface area contributed by atoms with E-state index >= 15 is 0 Å². The Labute approximate surface area is 111 Å². The molecule has 1 saturated heterocycles. The van der Waals surface area contributed by atoms with Gasteiger partial charge in [0.2, 0.25) is 5.91 Å². The van der Waals surface area contributed by atoms with Gasteiger partial charge in [0.1, 0.15) is 0 Å². The van der Waals surface area contributed by atoms with Gasteiger partial charge in [-0.05, 0) is 44.1 Å². The lowest BCUT2D eigenvalue weighted by molar-refractivity contribution is -0.131. The Hall–Kier alpha value is -0.280. The summed E-state index contributed by atoms with van der Waals surface area (Å²) in [5.41, 5.74) is 0. The van der Waals surface area contributed by atoms with Gasteiger partial charge in [-0.25, -0.2) is 0 Å². The molecule has 0 radical (unpaired) electrons. The van der Waals surface area contributed by atoms with Crippen molar-refractivity contribution in [3.05, 3.63) is 0 Å². The molecule has 3 nitrogen and oxygen atoms in total. The lowest BCUT2D eigenvalue weighted by Gasteiger charge is -2.23. The second-order valence-corrected chi connectivity index (χ2v) is 5.52. The molecular formula is C13H25ClN2O. The predicted molar refractivity (Wildman–Crippen MR) is 72.4 cm³/mol. The van der Waals surface area contributed by atoms with Gasteiger partial charge in [0, 0.05) is 12.6 Å². The zero-order valence-corrected chi connectivity index (χ0v) is 11.8. The van der Waals surface area contributed by atoms with Crippen LogP contribution in [-0.2, 0) is 4.79 Å². The van der Waals surface area contributed by atoms with Gasteiger partial charge in [0.05, 0.1) is 6.54 Å². The fourth-order valence-electron chi connectivity index (χ4n) is 2.65. The van der Waals surface area contributed by atoms with E-state index in [0.29, 0.717) is 24.4 Å². The van der Waals surface area contributed by atoms with Gasteiger partial charge in [0.15, 0.2) is 0 Å². The summed E-state index contributed by atoms with van der Waals surface area (Å²) in [6.45, 7) is 6.96. The zero-order valence-electron chi connectivity index (χ0n) is 10.9. The van der Waals surface area contributed by atoms with Crippen LogP contribution in [0.4, 0.5) is 0 Å². The molecule has 1 N–H and O–H groups in total. The molecular weight excluding hydrogens is 236 g/mol. The molecule has 0 aromatic rings. The van der Waals surface area contributed by atoms with Crippen LogP contribution in [0, 0.1) is 11.8 Å². The molecule has 100 valence electrons. The highest BCUT2D eigenvalue weighted by atomic mass is 35.5. The van der Waals surface area contributed by atoms with E-state index in [1.165, 1.54) is 19.3 Å². The zero-order chi connectivity index (χ0) is 11.5. The third-order valence-electron chi connectivity index (χ3n) is 3.82. The number of nitrogens with zero attached hydrogens (tertiary/aromatic N) is 1. The van der Waals surface area contributed by atoms with Crippen LogP contribution in [0.15, 0.2) is 0 Å². The fourth-order valence-corrected chi connectivity index (χ4v) is 2.65. The van der Waals surface area contributed by atoms with Crippen LogP contribution in [0.25, 0.3) is 0 Å². The molecule has 1 amide bonds. The van der Waals surface area contributed by atoms with Crippen molar-refractivity contribution in [2.24, 2.45) is 11.8 Å². The van der Waals surface area contributed by atoms with E-state index in [9.17, 15) is 4.79 Å². The SMILES string of the molecule is CCC1CC(C)CN1C(=O)CNCC1CC1.Cl. The van der Waals surface area contributed by atoms with Crippen molar-refractivity contribution in [1.82, 2.24) is 10.2 Å². The lowest BCUT2D eigenvalue weighted by atomic mass is 10.1. The van der Waals surface area contributed by atoms with Crippen LogP contribution >= 0.6 is 12.4 Å². The average molecular weight is 261 g/mol. The first kappa shape index (κ1) is 14.8. The predicted octanol–water partition coefficient (Wildman–Crippen LogP) is 2.05.